The smallest absolute Gasteiger partial charge is 0.337 e. The minimum atomic E-state index is -0.955. The predicted molar refractivity (Wildman–Crippen MR) is 107 cm³/mol. The van der Waals surface area contributed by atoms with Crippen molar-refractivity contribution in [3.63, 3.8) is 0 Å². The summed E-state index contributed by atoms with van der Waals surface area (Å²) in [6, 6.07) is 13.8. The largest absolute Gasteiger partial charge is 0.496 e. The van der Waals surface area contributed by atoms with Crippen LogP contribution >= 0.6 is 0 Å². The van der Waals surface area contributed by atoms with Crippen molar-refractivity contribution in [2.45, 2.75) is 19.6 Å². The normalized spacial score (nSPS) is 11.6. The van der Waals surface area contributed by atoms with Gasteiger partial charge in [0.15, 0.2) is 6.10 Å². The van der Waals surface area contributed by atoms with Crippen LogP contribution in [-0.2, 0) is 25.6 Å². The number of carbonyl (C=O) groups is 3. The monoisotopic (exact) mass is 397 g/mol. The third kappa shape index (κ3) is 6.49. The van der Waals surface area contributed by atoms with E-state index in [0.717, 1.165) is 5.56 Å². The number of rotatable bonds is 8. The molecule has 0 bridgehead atoms. The Morgan fingerprint density at radius 2 is 1.72 bits per heavy atom. The van der Waals surface area contributed by atoms with Crippen molar-refractivity contribution in [2.24, 2.45) is 0 Å². The van der Waals surface area contributed by atoms with Gasteiger partial charge in [-0.05, 0) is 36.8 Å². The molecule has 2 rings (SSSR count). The van der Waals surface area contributed by atoms with Crippen molar-refractivity contribution in [1.82, 2.24) is 5.32 Å². The maximum atomic E-state index is 12.2. The van der Waals surface area contributed by atoms with E-state index >= 15 is 0 Å². The van der Waals surface area contributed by atoms with Crippen LogP contribution in [0.2, 0.25) is 0 Å². The van der Waals surface area contributed by atoms with Gasteiger partial charge in [0.05, 0.1) is 19.8 Å². The molecule has 1 N–H and O–H groups in total. The third-order valence-electron chi connectivity index (χ3n) is 4.05. The van der Waals surface area contributed by atoms with Crippen molar-refractivity contribution < 1.29 is 28.6 Å². The number of hydrogen-bond donors (Lipinski definition) is 1. The lowest BCUT2D eigenvalue weighted by atomic mass is 10.1. The van der Waals surface area contributed by atoms with Gasteiger partial charge in [0, 0.05) is 18.2 Å². The van der Waals surface area contributed by atoms with Crippen LogP contribution in [0.4, 0.5) is 0 Å². The van der Waals surface area contributed by atoms with E-state index in [2.05, 4.69) is 10.1 Å². The number of nitrogens with one attached hydrogen (secondary N) is 1. The quantitative estimate of drug-likeness (QED) is 0.544. The molecule has 2 aromatic rings. The summed E-state index contributed by atoms with van der Waals surface area (Å²) in [6.07, 6.45) is 1.79. The Hall–Kier alpha value is -3.61. The number of esters is 2. The molecule has 0 heterocycles. The fraction of sp³-hybridized carbons (Fsp3) is 0.227. The first-order valence-corrected chi connectivity index (χ1v) is 8.91. The highest BCUT2D eigenvalue weighted by molar-refractivity contribution is 5.91. The summed E-state index contributed by atoms with van der Waals surface area (Å²) in [5, 5.41) is 2.71. The number of ether oxygens (including phenoxy) is 3. The van der Waals surface area contributed by atoms with Crippen molar-refractivity contribution in [3.05, 3.63) is 71.3 Å². The average molecular weight is 397 g/mol. The molecule has 0 radical (unpaired) electrons. The average Bonchev–Trinajstić information content (AvgIpc) is 2.75. The second-order valence-corrected chi connectivity index (χ2v) is 6.06. The maximum Gasteiger partial charge on any atom is 0.337 e. The van der Waals surface area contributed by atoms with Crippen LogP contribution in [0.15, 0.2) is 54.6 Å². The molecule has 2 aromatic carbocycles. The topological polar surface area (TPSA) is 90.9 Å². The lowest BCUT2D eigenvalue weighted by Gasteiger charge is -2.13. The molecule has 7 nitrogen and oxygen atoms in total. The van der Waals surface area contributed by atoms with Gasteiger partial charge in [0.2, 0.25) is 0 Å². The molecule has 0 unspecified atom stereocenters. The van der Waals surface area contributed by atoms with Gasteiger partial charge >= 0.3 is 11.9 Å². The van der Waals surface area contributed by atoms with Gasteiger partial charge in [0.25, 0.3) is 5.91 Å². The number of para-hydroxylation sites is 1. The molecule has 0 fully saturated rings. The molecular weight excluding hydrogens is 374 g/mol. The van der Waals surface area contributed by atoms with Gasteiger partial charge in [-0.3, -0.25) is 4.79 Å². The molecular formula is C22H23NO6. The summed E-state index contributed by atoms with van der Waals surface area (Å²) in [7, 11) is 2.86. The van der Waals surface area contributed by atoms with Crippen molar-refractivity contribution in [2.75, 3.05) is 14.2 Å². The number of hydrogen-bond acceptors (Lipinski definition) is 6. The number of carbonyl (C=O) groups excluding carboxylic acids is 3. The number of amides is 1. The van der Waals surface area contributed by atoms with Gasteiger partial charge < -0.3 is 19.5 Å². The van der Waals surface area contributed by atoms with Crippen LogP contribution in [0.3, 0.4) is 0 Å². The summed E-state index contributed by atoms with van der Waals surface area (Å²) < 4.78 is 15.0. The fourth-order valence-electron chi connectivity index (χ4n) is 2.45. The molecule has 0 aliphatic carbocycles. The Balaban J connectivity index is 1.85. The molecule has 1 amide bonds. The van der Waals surface area contributed by atoms with Gasteiger partial charge in [-0.2, -0.15) is 0 Å². The Bertz CT molecular complexity index is 888. The Morgan fingerprint density at radius 1 is 1.03 bits per heavy atom. The lowest BCUT2D eigenvalue weighted by molar-refractivity contribution is -0.150. The van der Waals surface area contributed by atoms with E-state index in [9.17, 15) is 14.4 Å². The summed E-state index contributed by atoms with van der Waals surface area (Å²) in [5.41, 5.74) is 1.92. The summed E-state index contributed by atoms with van der Waals surface area (Å²) >= 11 is 0. The van der Waals surface area contributed by atoms with E-state index in [-0.39, 0.29) is 6.54 Å². The molecule has 0 aliphatic rings. The highest BCUT2D eigenvalue weighted by Crippen LogP contribution is 2.16. The minimum Gasteiger partial charge on any atom is -0.496 e. The van der Waals surface area contributed by atoms with Gasteiger partial charge in [-0.15, -0.1) is 0 Å². The first-order chi connectivity index (χ1) is 13.9. The fourth-order valence-corrected chi connectivity index (χ4v) is 2.45. The highest BCUT2D eigenvalue weighted by atomic mass is 16.5. The summed E-state index contributed by atoms with van der Waals surface area (Å²) in [4.78, 5) is 35.5. The van der Waals surface area contributed by atoms with E-state index in [0.29, 0.717) is 16.9 Å². The van der Waals surface area contributed by atoms with Crippen molar-refractivity contribution >= 4 is 23.9 Å². The summed E-state index contributed by atoms with van der Waals surface area (Å²) in [5.74, 6) is -0.839. The standard InChI is InChI=1S/C22H23NO6/c1-15(21(25)23-14-18-6-4-5-7-19(18)27-2)29-20(24)13-10-16-8-11-17(12-9-16)22(26)28-3/h4-13,15H,14H2,1-3H3,(H,23,25)/b13-10+/t15-/m1/s1. The van der Waals surface area contributed by atoms with Gasteiger partial charge in [-0.25, -0.2) is 9.59 Å². The minimum absolute atomic E-state index is 0.257. The predicted octanol–water partition coefficient (Wildman–Crippen LogP) is 2.74. The maximum absolute atomic E-state index is 12.2. The number of benzene rings is 2. The lowest BCUT2D eigenvalue weighted by Crippen LogP contribution is -2.35. The molecule has 0 saturated carbocycles. The zero-order chi connectivity index (χ0) is 21.2. The molecule has 29 heavy (non-hydrogen) atoms. The van der Waals surface area contributed by atoms with E-state index in [1.807, 2.05) is 18.2 Å². The zero-order valence-corrected chi connectivity index (χ0v) is 16.5. The van der Waals surface area contributed by atoms with E-state index in [4.69, 9.17) is 9.47 Å². The first-order valence-electron chi connectivity index (χ1n) is 8.91. The molecule has 0 saturated heterocycles. The van der Waals surface area contributed by atoms with E-state index in [1.54, 1.807) is 37.4 Å². The molecule has 7 heteroatoms. The first kappa shape index (κ1) is 21.7. The van der Waals surface area contributed by atoms with Crippen LogP contribution in [0.25, 0.3) is 6.08 Å². The summed E-state index contributed by atoms with van der Waals surface area (Å²) in [6.45, 7) is 1.75. The van der Waals surface area contributed by atoms with E-state index in [1.165, 1.54) is 26.2 Å². The molecule has 152 valence electrons. The molecule has 0 spiro atoms. The van der Waals surface area contributed by atoms with Gasteiger partial charge in [-0.1, -0.05) is 30.3 Å². The van der Waals surface area contributed by atoms with Crippen LogP contribution < -0.4 is 10.1 Å². The molecule has 1 atom stereocenters. The second kappa shape index (κ2) is 10.7. The number of methoxy groups -OCH3 is 2. The van der Waals surface area contributed by atoms with Gasteiger partial charge in [0.1, 0.15) is 5.75 Å². The van der Waals surface area contributed by atoms with Crippen LogP contribution in [0, 0.1) is 0 Å². The van der Waals surface area contributed by atoms with Crippen molar-refractivity contribution in [1.29, 1.82) is 0 Å². The van der Waals surface area contributed by atoms with Crippen LogP contribution in [-0.4, -0.2) is 38.2 Å². The Morgan fingerprint density at radius 3 is 2.38 bits per heavy atom. The SMILES string of the molecule is COC(=O)c1ccc(/C=C/C(=O)O[C@H](C)C(=O)NCc2ccccc2OC)cc1. The Kier molecular flexibility index (Phi) is 7.97. The van der Waals surface area contributed by atoms with E-state index < -0.39 is 23.9 Å². The molecule has 0 aliphatic heterocycles. The van der Waals surface area contributed by atoms with Crippen LogP contribution in [0.5, 0.6) is 5.75 Å². The zero-order valence-electron chi connectivity index (χ0n) is 16.5. The molecule has 0 aromatic heterocycles. The second-order valence-electron chi connectivity index (χ2n) is 6.06. The third-order valence-corrected chi connectivity index (χ3v) is 4.05. The van der Waals surface area contributed by atoms with Crippen molar-refractivity contribution in [3.8, 4) is 5.75 Å². The Labute approximate surface area is 169 Å². The highest BCUT2D eigenvalue weighted by Gasteiger charge is 2.16. The van der Waals surface area contributed by atoms with Crippen LogP contribution in [0.1, 0.15) is 28.4 Å².